The zero-order chi connectivity index (χ0) is 25.3. The van der Waals surface area contributed by atoms with Crippen molar-refractivity contribution in [2.24, 2.45) is 0 Å². The second-order valence-electron chi connectivity index (χ2n) is 7.52. The molecule has 0 aliphatic carbocycles. The SMILES string of the molecule is CCOC(=O)Nc1oc2c(-c3cc(C)nc(C)c3)nccc2c1N(C(=O)O)c1ccc(F)c(Cl)c1. The minimum Gasteiger partial charge on any atom is -0.464 e. The van der Waals surface area contributed by atoms with E-state index in [2.05, 4.69) is 15.3 Å². The Bertz CT molecular complexity index is 1440. The van der Waals surface area contributed by atoms with Crippen LogP contribution in [-0.4, -0.2) is 33.9 Å². The number of carbonyl (C=O) groups is 2. The second-order valence-corrected chi connectivity index (χ2v) is 7.92. The molecule has 35 heavy (non-hydrogen) atoms. The van der Waals surface area contributed by atoms with Crippen LogP contribution in [0.2, 0.25) is 5.02 Å². The van der Waals surface area contributed by atoms with Crippen molar-refractivity contribution in [3.8, 4) is 11.3 Å². The molecule has 0 unspecified atom stereocenters. The maximum absolute atomic E-state index is 13.8. The lowest BCUT2D eigenvalue weighted by atomic mass is 10.1. The fraction of sp³-hybridized carbons (Fsp3) is 0.167. The van der Waals surface area contributed by atoms with Gasteiger partial charge in [-0.05, 0) is 57.2 Å². The lowest BCUT2D eigenvalue weighted by Gasteiger charge is -2.20. The van der Waals surface area contributed by atoms with E-state index in [-0.39, 0.29) is 34.5 Å². The Morgan fingerprint density at radius 1 is 1.20 bits per heavy atom. The summed E-state index contributed by atoms with van der Waals surface area (Å²) in [5.74, 6) is -0.907. The molecule has 4 aromatic rings. The van der Waals surface area contributed by atoms with Crippen molar-refractivity contribution < 1.29 is 28.2 Å². The molecule has 0 aliphatic heterocycles. The topological polar surface area (TPSA) is 118 Å². The van der Waals surface area contributed by atoms with E-state index in [1.807, 2.05) is 26.0 Å². The summed E-state index contributed by atoms with van der Waals surface area (Å²) in [4.78, 5) is 34.3. The van der Waals surface area contributed by atoms with E-state index in [0.29, 0.717) is 16.6 Å². The lowest BCUT2D eigenvalue weighted by molar-refractivity contribution is 0.167. The van der Waals surface area contributed by atoms with Crippen molar-refractivity contribution >= 4 is 52.0 Å². The quantitative estimate of drug-likeness (QED) is 0.315. The van der Waals surface area contributed by atoms with Gasteiger partial charge in [-0.25, -0.2) is 18.9 Å². The van der Waals surface area contributed by atoms with Gasteiger partial charge in [-0.15, -0.1) is 0 Å². The van der Waals surface area contributed by atoms with Gasteiger partial charge in [0.25, 0.3) is 0 Å². The fourth-order valence-electron chi connectivity index (χ4n) is 3.71. The van der Waals surface area contributed by atoms with Gasteiger partial charge in [0, 0.05) is 23.1 Å². The van der Waals surface area contributed by atoms with Crippen molar-refractivity contribution in [3.05, 3.63) is 64.8 Å². The largest absolute Gasteiger partial charge is 0.464 e. The molecule has 180 valence electrons. The number of aromatic nitrogens is 2. The highest BCUT2D eigenvalue weighted by atomic mass is 35.5. The lowest BCUT2D eigenvalue weighted by Crippen LogP contribution is -2.25. The summed E-state index contributed by atoms with van der Waals surface area (Å²) in [5.41, 5.74) is 2.85. The molecule has 1 aromatic carbocycles. The maximum Gasteiger partial charge on any atom is 0.416 e. The summed E-state index contributed by atoms with van der Waals surface area (Å²) in [6, 6.07) is 8.63. The van der Waals surface area contributed by atoms with Gasteiger partial charge < -0.3 is 14.3 Å². The standard InChI is InChI=1S/C24H20ClFN4O5/c1-4-34-23(31)29-22-20(30(24(32)33)15-5-6-18(26)17(25)11-15)16-7-8-27-19(21(16)35-22)14-9-12(2)28-13(3)10-14/h5-11H,4H2,1-3H3,(H,29,31)(H,32,33). The van der Waals surface area contributed by atoms with E-state index in [4.69, 9.17) is 20.8 Å². The zero-order valence-electron chi connectivity index (χ0n) is 18.9. The first-order chi connectivity index (χ1) is 16.7. The number of benzene rings is 1. The molecule has 0 bridgehead atoms. The van der Waals surface area contributed by atoms with Gasteiger partial charge in [0.05, 0.1) is 22.7 Å². The molecular weight excluding hydrogens is 479 g/mol. The molecule has 0 saturated heterocycles. The van der Waals surface area contributed by atoms with E-state index in [9.17, 15) is 19.1 Å². The van der Waals surface area contributed by atoms with Crippen molar-refractivity contribution in [2.75, 3.05) is 16.8 Å². The molecule has 0 radical (unpaired) electrons. The number of ether oxygens (including phenoxy) is 1. The monoisotopic (exact) mass is 498 g/mol. The number of fused-ring (bicyclic) bond motifs is 1. The van der Waals surface area contributed by atoms with Gasteiger partial charge in [0.2, 0.25) is 5.88 Å². The van der Waals surface area contributed by atoms with Crippen LogP contribution in [-0.2, 0) is 4.74 Å². The summed E-state index contributed by atoms with van der Waals surface area (Å²) >= 11 is 5.92. The predicted octanol–water partition coefficient (Wildman–Crippen LogP) is 6.68. The zero-order valence-corrected chi connectivity index (χ0v) is 19.7. The fourth-order valence-corrected chi connectivity index (χ4v) is 3.89. The molecule has 3 heterocycles. The Kier molecular flexibility index (Phi) is 6.57. The molecule has 11 heteroatoms. The van der Waals surface area contributed by atoms with Crippen molar-refractivity contribution in [1.29, 1.82) is 0 Å². The van der Waals surface area contributed by atoms with Crippen LogP contribution >= 0.6 is 11.6 Å². The van der Waals surface area contributed by atoms with Crippen molar-refractivity contribution in [3.63, 3.8) is 0 Å². The van der Waals surface area contributed by atoms with Crippen LogP contribution < -0.4 is 10.2 Å². The summed E-state index contributed by atoms with van der Waals surface area (Å²) in [6.45, 7) is 5.38. The number of pyridine rings is 2. The number of nitrogens with zero attached hydrogens (tertiary/aromatic N) is 3. The van der Waals surface area contributed by atoms with E-state index in [1.165, 1.54) is 12.3 Å². The number of rotatable bonds is 5. The normalized spacial score (nSPS) is 10.9. The van der Waals surface area contributed by atoms with Gasteiger partial charge in [0.15, 0.2) is 5.58 Å². The molecule has 2 N–H and O–H groups in total. The van der Waals surface area contributed by atoms with E-state index in [0.717, 1.165) is 28.4 Å². The van der Waals surface area contributed by atoms with E-state index < -0.39 is 18.0 Å². The van der Waals surface area contributed by atoms with Crippen molar-refractivity contribution in [1.82, 2.24) is 9.97 Å². The van der Waals surface area contributed by atoms with Crippen LogP contribution in [0, 0.1) is 19.7 Å². The Hall–Kier alpha value is -4.18. The molecule has 0 fully saturated rings. The number of furan rings is 1. The first-order valence-electron chi connectivity index (χ1n) is 10.5. The number of aryl methyl sites for hydroxylation is 2. The minimum absolute atomic E-state index is 0.0191. The van der Waals surface area contributed by atoms with Gasteiger partial charge in [-0.2, -0.15) is 0 Å². The number of amides is 2. The number of carboxylic acid groups (broad SMARTS) is 1. The number of nitrogens with one attached hydrogen (secondary N) is 1. The number of hydrogen-bond acceptors (Lipinski definition) is 6. The first-order valence-corrected chi connectivity index (χ1v) is 10.9. The smallest absolute Gasteiger partial charge is 0.416 e. The van der Waals surface area contributed by atoms with Crippen LogP contribution in [0.25, 0.3) is 22.2 Å². The molecule has 2 amide bonds. The van der Waals surface area contributed by atoms with Crippen LogP contribution in [0.15, 0.2) is 47.0 Å². The summed E-state index contributed by atoms with van der Waals surface area (Å²) < 4.78 is 24.7. The van der Waals surface area contributed by atoms with Crippen LogP contribution in [0.3, 0.4) is 0 Å². The van der Waals surface area contributed by atoms with Gasteiger partial charge >= 0.3 is 12.2 Å². The first kappa shape index (κ1) is 24.0. The average molecular weight is 499 g/mol. The molecule has 3 aromatic heterocycles. The molecule has 4 rings (SSSR count). The maximum atomic E-state index is 13.8. The summed E-state index contributed by atoms with van der Waals surface area (Å²) in [6.07, 6.45) is -0.773. The highest BCUT2D eigenvalue weighted by molar-refractivity contribution is 6.31. The summed E-state index contributed by atoms with van der Waals surface area (Å²) in [7, 11) is 0. The number of anilines is 3. The number of halogens is 2. The molecule has 0 atom stereocenters. The van der Waals surface area contributed by atoms with E-state index in [1.54, 1.807) is 13.0 Å². The second kappa shape index (κ2) is 9.59. The van der Waals surface area contributed by atoms with E-state index >= 15 is 0 Å². The highest BCUT2D eigenvalue weighted by Gasteiger charge is 2.30. The molecule has 0 aliphatic rings. The third-order valence-electron chi connectivity index (χ3n) is 5.00. The van der Waals surface area contributed by atoms with Gasteiger partial charge in [-0.3, -0.25) is 15.3 Å². The Labute approximate surface area is 204 Å². The van der Waals surface area contributed by atoms with Crippen LogP contribution in [0.4, 0.5) is 31.2 Å². The average Bonchev–Trinajstić information content (AvgIpc) is 3.13. The summed E-state index contributed by atoms with van der Waals surface area (Å²) in [5, 5.41) is 12.6. The number of hydrogen-bond donors (Lipinski definition) is 2. The van der Waals surface area contributed by atoms with Crippen molar-refractivity contribution in [2.45, 2.75) is 20.8 Å². The Morgan fingerprint density at radius 2 is 1.91 bits per heavy atom. The van der Waals surface area contributed by atoms with Gasteiger partial charge in [-0.1, -0.05) is 11.6 Å². The molecule has 9 nitrogen and oxygen atoms in total. The molecule has 0 saturated carbocycles. The number of carbonyl (C=O) groups excluding carboxylic acids is 1. The Morgan fingerprint density at radius 3 is 2.54 bits per heavy atom. The van der Waals surface area contributed by atoms with Crippen LogP contribution in [0.5, 0.6) is 0 Å². The third kappa shape index (κ3) is 4.73. The molecular formula is C24H20ClFN4O5. The predicted molar refractivity (Wildman–Crippen MR) is 129 cm³/mol. The Balaban J connectivity index is 2.00. The third-order valence-corrected chi connectivity index (χ3v) is 5.29. The van der Waals surface area contributed by atoms with Crippen LogP contribution in [0.1, 0.15) is 18.3 Å². The minimum atomic E-state index is -1.42. The molecule has 0 spiro atoms. The highest BCUT2D eigenvalue weighted by Crippen LogP contribution is 2.44. The van der Waals surface area contributed by atoms with Gasteiger partial charge in [0.1, 0.15) is 17.2 Å².